The molecule has 0 saturated carbocycles. The second-order valence-electron chi connectivity index (χ2n) is 5.97. The number of halogens is 1. The van der Waals surface area contributed by atoms with Crippen molar-refractivity contribution in [2.75, 3.05) is 22.9 Å². The fourth-order valence-electron chi connectivity index (χ4n) is 2.77. The number of amides is 2. The normalized spacial score (nSPS) is 10.4. The van der Waals surface area contributed by atoms with Crippen LogP contribution in [-0.2, 0) is 9.59 Å². The highest BCUT2D eigenvalue weighted by Gasteiger charge is 2.22. The summed E-state index contributed by atoms with van der Waals surface area (Å²) in [6, 6.07) is 13.1. The number of benzene rings is 2. The van der Waals surface area contributed by atoms with E-state index >= 15 is 0 Å². The second-order valence-corrected chi connectivity index (χ2v) is 6.37. The highest BCUT2D eigenvalue weighted by Crippen LogP contribution is 2.27. The van der Waals surface area contributed by atoms with E-state index < -0.39 is 0 Å². The van der Waals surface area contributed by atoms with Crippen molar-refractivity contribution >= 4 is 34.8 Å². The van der Waals surface area contributed by atoms with E-state index in [4.69, 9.17) is 11.6 Å². The molecule has 0 aliphatic rings. The molecule has 0 radical (unpaired) electrons. The summed E-state index contributed by atoms with van der Waals surface area (Å²) in [7, 11) is 0. The molecule has 0 spiro atoms. The van der Waals surface area contributed by atoms with Gasteiger partial charge in [0.15, 0.2) is 0 Å². The van der Waals surface area contributed by atoms with Gasteiger partial charge in [-0.2, -0.15) is 0 Å². The summed E-state index contributed by atoms with van der Waals surface area (Å²) in [6.07, 6.45) is 0. The lowest BCUT2D eigenvalue weighted by molar-refractivity contribution is -0.121. The fraction of sp³-hybridized carbons (Fsp3) is 0.300. The predicted molar refractivity (Wildman–Crippen MR) is 103 cm³/mol. The number of nitrogens with zero attached hydrogens (tertiary/aromatic N) is 2. The lowest BCUT2D eigenvalue weighted by Gasteiger charge is -2.27. The maximum atomic E-state index is 12.9. The number of hydrogen-bond donors (Lipinski definition) is 0. The number of anilines is 2. The first-order valence-electron chi connectivity index (χ1n) is 8.25. The number of rotatable bonds is 5. The van der Waals surface area contributed by atoms with Crippen LogP contribution in [0.4, 0.5) is 11.4 Å². The van der Waals surface area contributed by atoms with Gasteiger partial charge in [0.1, 0.15) is 6.54 Å². The zero-order chi connectivity index (χ0) is 18.6. The van der Waals surface area contributed by atoms with Crippen LogP contribution in [0.1, 0.15) is 25.0 Å². The molecule has 0 aromatic heterocycles. The lowest BCUT2D eigenvalue weighted by atomic mass is 10.1. The van der Waals surface area contributed by atoms with Gasteiger partial charge in [-0.25, -0.2) is 0 Å². The number of aryl methyl sites for hydroxylation is 1. The van der Waals surface area contributed by atoms with Crippen LogP contribution in [0.3, 0.4) is 0 Å². The van der Waals surface area contributed by atoms with E-state index in [1.165, 1.54) is 11.8 Å². The number of likely N-dealkylation sites (N-methyl/N-ethyl adjacent to an activating group) is 1. The lowest BCUT2D eigenvalue weighted by Crippen LogP contribution is -2.42. The molecule has 4 nitrogen and oxygen atoms in total. The summed E-state index contributed by atoms with van der Waals surface area (Å²) in [6.45, 7) is 7.70. The van der Waals surface area contributed by atoms with Crippen molar-refractivity contribution < 1.29 is 9.59 Å². The van der Waals surface area contributed by atoms with Gasteiger partial charge in [0.25, 0.3) is 0 Å². The van der Waals surface area contributed by atoms with E-state index in [9.17, 15) is 9.59 Å². The van der Waals surface area contributed by atoms with Crippen LogP contribution in [0.5, 0.6) is 0 Å². The highest BCUT2D eigenvalue weighted by molar-refractivity contribution is 6.31. The smallest absolute Gasteiger partial charge is 0.247 e. The van der Waals surface area contributed by atoms with E-state index in [0.29, 0.717) is 17.3 Å². The zero-order valence-electron chi connectivity index (χ0n) is 15.0. The molecule has 0 unspecified atom stereocenters. The third kappa shape index (κ3) is 4.40. The van der Waals surface area contributed by atoms with Gasteiger partial charge in [0, 0.05) is 29.9 Å². The molecular formula is C20H23ClN2O2. The molecule has 0 heterocycles. The minimum absolute atomic E-state index is 0.0295. The first kappa shape index (κ1) is 19.0. The van der Waals surface area contributed by atoms with Crippen molar-refractivity contribution in [2.24, 2.45) is 0 Å². The van der Waals surface area contributed by atoms with E-state index in [-0.39, 0.29) is 18.4 Å². The topological polar surface area (TPSA) is 40.6 Å². The Kier molecular flexibility index (Phi) is 6.21. The standard InChI is InChI=1S/C20H23ClN2O2/c1-5-22(17-9-6-8-14(2)12-17)20(25)13-23(16(4)24)19-11-7-10-18(21)15(19)3/h6-12H,5,13H2,1-4H3. The molecule has 2 aromatic rings. The Balaban J connectivity index is 2.31. The fourth-order valence-corrected chi connectivity index (χ4v) is 2.94. The van der Waals surface area contributed by atoms with Crippen LogP contribution >= 0.6 is 11.6 Å². The van der Waals surface area contributed by atoms with Crippen molar-refractivity contribution in [2.45, 2.75) is 27.7 Å². The Morgan fingerprint density at radius 1 is 1.04 bits per heavy atom. The van der Waals surface area contributed by atoms with Gasteiger partial charge >= 0.3 is 0 Å². The molecule has 0 fully saturated rings. The van der Waals surface area contributed by atoms with Gasteiger partial charge in [-0.05, 0) is 56.2 Å². The second kappa shape index (κ2) is 8.17. The van der Waals surface area contributed by atoms with Gasteiger partial charge in [-0.3, -0.25) is 9.59 Å². The zero-order valence-corrected chi connectivity index (χ0v) is 15.8. The van der Waals surface area contributed by atoms with Crippen LogP contribution in [0, 0.1) is 13.8 Å². The summed E-state index contributed by atoms with van der Waals surface area (Å²) in [5.74, 6) is -0.332. The molecule has 132 valence electrons. The molecular weight excluding hydrogens is 336 g/mol. The number of carbonyl (C=O) groups is 2. The monoisotopic (exact) mass is 358 g/mol. The molecule has 2 rings (SSSR count). The molecule has 0 bridgehead atoms. The Bertz CT molecular complexity index is 789. The Morgan fingerprint density at radius 2 is 1.72 bits per heavy atom. The largest absolute Gasteiger partial charge is 0.311 e. The molecule has 0 N–H and O–H groups in total. The van der Waals surface area contributed by atoms with Crippen LogP contribution < -0.4 is 9.80 Å². The molecule has 0 aliphatic carbocycles. The molecule has 0 aliphatic heterocycles. The third-order valence-electron chi connectivity index (χ3n) is 4.13. The molecule has 25 heavy (non-hydrogen) atoms. The number of hydrogen-bond acceptors (Lipinski definition) is 2. The molecule has 2 amide bonds. The minimum Gasteiger partial charge on any atom is -0.311 e. The Morgan fingerprint density at radius 3 is 2.32 bits per heavy atom. The molecule has 5 heteroatoms. The third-order valence-corrected chi connectivity index (χ3v) is 4.54. The predicted octanol–water partition coefficient (Wildman–Crippen LogP) is 4.36. The van der Waals surface area contributed by atoms with Crippen LogP contribution in [0.2, 0.25) is 5.02 Å². The number of carbonyl (C=O) groups excluding carboxylic acids is 2. The first-order chi connectivity index (χ1) is 11.8. The van der Waals surface area contributed by atoms with Gasteiger partial charge in [-0.1, -0.05) is 29.8 Å². The van der Waals surface area contributed by atoms with E-state index in [1.807, 2.05) is 45.0 Å². The Labute approximate surface area is 154 Å². The van der Waals surface area contributed by atoms with Crippen LogP contribution in [0.15, 0.2) is 42.5 Å². The van der Waals surface area contributed by atoms with Crippen molar-refractivity contribution in [3.8, 4) is 0 Å². The van der Waals surface area contributed by atoms with Gasteiger partial charge < -0.3 is 9.80 Å². The van der Waals surface area contributed by atoms with Crippen molar-refractivity contribution in [1.82, 2.24) is 0 Å². The van der Waals surface area contributed by atoms with Crippen molar-refractivity contribution in [1.29, 1.82) is 0 Å². The summed E-state index contributed by atoms with van der Waals surface area (Å²) in [4.78, 5) is 28.2. The van der Waals surface area contributed by atoms with Crippen molar-refractivity contribution in [3.63, 3.8) is 0 Å². The molecule has 0 saturated heterocycles. The van der Waals surface area contributed by atoms with Gasteiger partial charge in [0.2, 0.25) is 11.8 Å². The van der Waals surface area contributed by atoms with Gasteiger partial charge in [0.05, 0.1) is 0 Å². The van der Waals surface area contributed by atoms with E-state index in [0.717, 1.165) is 16.8 Å². The SMILES string of the molecule is CCN(C(=O)CN(C(C)=O)c1cccc(Cl)c1C)c1cccc(C)c1. The maximum Gasteiger partial charge on any atom is 0.247 e. The first-order valence-corrected chi connectivity index (χ1v) is 8.63. The quantitative estimate of drug-likeness (QED) is 0.796. The van der Waals surface area contributed by atoms with Crippen LogP contribution in [-0.4, -0.2) is 24.9 Å². The summed E-state index contributed by atoms with van der Waals surface area (Å²) >= 11 is 6.17. The van der Waals surface area contributed by atoms with Crippen molar-refractivity contribution in [3.05, 3.63) is 58.6 Å². The van der Waals surface area contributed by atoms with E-state index in [2.05, 4.69) is 0 Å². The summed E-state index contributed by atoms with van der Waals surface area (Å²) in [5.41, 5.74) is 3.36. The minimum atomic E-state index is -0.195. The Hall–Kier alpha value is -2.33. The van der Waals surface area contributed by atoms with Gasteiger partial charge in [-0.15, -0.1) is 0 Å². The summed E-state index contributed by atoms with van der Waals surface area (Å²) in [5, 5.41) is 0.572. The van der Waals surface area contributed by atoms with Crippen LogP contribution in [0.25, 0.3) is 0 Å². The highest BCUT2D eigenvalue weighted by atomic mass is 35.5. The average molecular weight is 359 g/mol. The average Bonchev–Trinajstić information content (AvgIpc) is 2.56. The maximum absolute atomic E-state index is 12.9. The van der Waals surface area contributed by atoms with E-state index in [1.54, 1.807) is 23.1 Å². The summed E-state index contributed by atoms with van der Waals surface area (Å²) < 4.78 is 0. The molecule has 0 atom stereocenters. The molecule has 2 aromatic carbocycles.